The first kappa shape index (κ1) is 17.6. The Morgan fingerprint density at radius 1 is 1.39 bits per heavy atom. The van der Waals surface area contributed by atoms with E-state index in [0.29, 0.717) is 12.1 Å². The van der Waals surface area contributed by atoms with Crippen LogP contribution >= 0.6 is 11.3 Å². The second-order valence-electron chi connectivity index (χ2n) is 6.56. The maximum Gasteiger partial charge on any atom is 0.251 e. The molecule has 2 rings (SSSR count). The van der Waals surface area contributed by atoms with Crippen molar-refractivity contribution in [2.45, 2.75) is 33.6 Å². The Hall–Kier alpha value is -1.72. The molecular formula is C18H24N2O2S. The molecule has 0 unspecified atom stereocenters. The van der Waals surface area contributed by atoms with E-state index in [1.54, 1.807) is 11.3 Å². The molecule has 124 valence electrons. The largest absolute Gasteiger partial charge is 0.396 e. The molecular weight excluding hydrogens is 308 g/mol. The average Bonchev–Trinajstić information content (AvgIpc) is 2.98. The van der Waals surface area contributed by atoms with Crippen LogP contribution in [0, 0.1) is 12.3 Å². The first-order valence-corrected chi connectivity index (χ1v) is 8.71. The standard InChI is InChI=1S/C18H24N2O2S/c1-13-11-23-17(20-13)15-7-4-6-14(10-15)16(22)19-9-5-8-18(2,3)12-21/h4,6-7,10-11,21H,5,8-9,12H2,1-3H3,(H,19,22). The number of aromatic nitrogens is 1. The third-order valence-corrected chi connectivity index (χ3v) is 4.74. The molecule has 0 atom stereocenters. The molecule has 0 saturated heterocycles. The van der Waals surface area contributed by atoms with Crippen LogP contribution in [0.5, 0.6) is 0 Å². The first-order valence-electron chi connectivity index (χ1n) is 7.83. The molecule has 0 fully saturated rings. The highest BCUT2D eigenvalue weighted by Gasteiger charge is 2.16. The van der Waals surface area contributed by atoms with Crippen molar-refractivity contribution < 1.29 is 9.90 Å². The summed E-state index contributed by atoms with van der Waals surface area (Å²) in [5.41, 5.74) is 2.52. The zero-order chi connectivity index (χ0) is 16.9. The summed E-state index contributed by atoms with van der Waals surface area (Å²) >= 11 is 1.58. The number of hydrogen-bond acceptors (Lipinski definition) is 4. The molecule has 1 heterocycles. The van der Waals surface area contributed by atoms with Gasteiger partial charge in [-0.25, -0.2) is 4.98 Å². The van der Waals surface area contributed by atoms with Crippen molar-refractivity contribution in [2.75, 3.05) is 13.2 Å². The second kappa shape index (κ2) is 7.70. The molecule has 0 radical (unpaired) electrons. The summed E-state index contributed by atoms with van der Waals surface area (Å²) in [6.45, 7) is 6.78. The molecule has 0 bridgehead atoms. The number of carbonyl (C=O) groups excluding carboxylic acids is 1. The lowest BCUT2D eigenvalue weighted by molar-refractivity contribution is 0.0948. The lowest BCUT2D eigenvalue weighted by atomic mass is 9.89. The fourth-order valence-corrected chi connectivity index (χ4v) is 3.02. The van der Waals surface area contributed by atoms with Gasteiger partial charge in [-0.1, -0.05) is 26.0 Å². The van der Waals surface area contributed by atoms with Crippen LogP contribution in [0.1, 0.15) is 42.7 Å². The van der Waals surface area contributed by atoms with Crippen LogP contribution in [0.3, 0.4) is 0 Å². The number of rotatable bonds is 7. The minimum Gasteiger partial charge on any atom is -0.396 e. The highest BCUT2D eigenvalue weighted by Crippen LogP contribution is 2.24. The Labute approximate surface area is 141 Å². The van der Waals surface area contributed by atoms with Crippen LogP contribution in [0.2, 0.25) is 0 Å². The monoisotopic (exact) mass is 332 g/mol. The Morgan fingerprint density at radius 3 is 2.83 bits per heavy atom. The molecule has 2 N–H and O–H groups in total. The number of benzene rings is 1. The molecule has 5 heteroatoms. The van der Waals surface area contributed by atoms with E-state index in [1.165, 1.54) is 0 Å². The van der Waals surface area contributed by atoms with Gasteiger partial charge in [-0.3, -0.25) is 4.79 Å². The number of aliphatic hydroxyl groups excluding tert-OH is 1. The van der Waals surface area contributed by atoms with Crippen molar-refractivity contribution >= 4 is 17.2 Å². The van der Waals surface area contributed by atoms with Crippen molar-refractivity contribution in [3.63, 3.8) is 0 Å². The van der Waals surface area contributed by atoms with E-state index in [0.717, 1.165) is 29.1 Å². The third kappa shape index (κ3) is 5.15. The Kier molecular flexibility index (Phi) is 5.91. The number of hydrogen-bond donors (Lipinski definition) is 2. The molecule has 1 amide bonds. The quantitative estimate of drug-likeness (QED) is 0.761. The fourth-order valence-electron chi connectivity index (χ4n) is 2.23. The summed E-state index contributed by atoms with van der Waals surface area (Å²) in [5, 5.41) is 15.1. The van der Waals surface area contributed by atoms with E-state index in [1.807, 2.05) is 50.4 Å². The number of thiazole rings is 1. The number of aryl methyl sites for hydroxylation is 1. The van der Waals surface area contributed by atoms with Crippen LogP contribution in [0.15, 0.2) is 29.6 Å². The molecule has 0 aliphatic rings. The van der Waals surface area contributed by atoms with Gasteiger partial charge in [0, 0.05) is 35.4 Å². The smallest absolute Gasteiger partial charge is 0.251 e. The average molecular weight is 332 g/mol. The van der Waals surface area contributed by atoms with Crippen LogP contribution in [0.4, 0.5) is 0 Å². The molecule has 0 spiro atoms. The van der Waals surface area contributed by atoms with Gasteiger partial charge in [-0.15, -0.1) is 11.3 Å². The van der Waals surface area contributed by atoms with E-state index < -0.39 is 0 Å². The molecule has 23 heavy (non-hydrogen) atoms. The van der Waals surface area contributed by atoms with Gasteiger partial charge in [0.25, 0.3) is 5.91 Å². The fraction of sp³-hybridized carbons (Fsp3) is 0.444. The summed E-state index contributed by atoms with van der Waals surface area (Å²) < 4.78 is 0. The minimum absolute atomic E-state index is 0.0677. The zero-order valence-corrected chi connectivity index (χ0v) is 14.7. The van der Waals surface area contributed by atoms with E-state index in [-0.39, 0.29) is 17.9 Å². The molecule has 0 saturated carbocycles. The number of nitrogens with zero attached hydrogens (tertiary/aromatic N) is 1. The minimum atomic E-state index is -0.0899. The lowest BCUT2D eigenvalue weighted by Crippen LogP contribution is -2.26. The molecule has 1 aromatic carbocycles. The summed E-state index contributed by atoms with van der Waals surface area (Å²) in [6, 6.07) is 7.55. The Morgan fingerprint density at radius 2 is 2.17 bits per heavy atom. The van der Waals surface area contributed by atoms with Crippen LogP contribution in [-0.2, 0) is 0 Å². The van der Waals surface area contributed by atoms with Crippen LogP contribution in [-0.4, -0.2) is 29.1 Å². The van der Waals surface area contributed by atoms with Crippen molar-refractivity contribution in [1.29, 1.82) is 0 Å². The summed E-state index contributed by atoms with van der Waals surface area (Å²) in [5.74, 6) is -0.0677. The van der Waals surface area contributed by atoms with Gasteiger partial charge in [-0.2, -0.15) is 0 Å². The van der Waals surface area contributed by atoms with Crippen LogP contribution in [0.25, 0.3) is 10.6 Å². The molecule has 1 aromatic heterocycles. The SMILES string of the molecule is Cc1csc(-c2cccc(C(=O)NCCCC(C)(C)CO)c2)n1. The topological polar surface area (TPSA) is 62.2 Å². The maximum atomic E-state index is 12.2. The highest BCUT2D eigenvalue weighted by atomic mass is 32.1. The zero-order valence-electron chi connectivity index (χ0n) is 13.9. The van der Waals surface area contributed by atoms with Gasteiger partial charge in [0.1, 0.15) is 5.01 Å². The van der Waals surface area contributed by atoms with Gasteiger partial charge in [-0.05, 0) is 37.3 Å². The van der Waals surface area contributed by atoms with Crippen molar-refractivity contribution in [3.05, 3.63) is 40.9 Å². The number of carbonyl (C=O) groups is 1. The molecule has 4 nitrogen and oxygen atoms in total. The number of aliphatic hydroxyl groups is 1. The summed E-state index contributed by atoms with van der Waals surface area (Å²) in [6.07, 6.45) is 1.73. The van der Waals surface area contributed by atoms with E-state index in [9.17, 15) is 9.90 Å². The Balaban J connectivity index is 1.93. The maximum absolute atomic E-state index is 12.2. The normalized spacial score (nSPS) is 11.5. The summed E-state index contributed by atoms with van der Waals surface area (Å²) in [4.78, 5) is 16.7. The highest BCUT2D eigenvalue weighted by molar-refractivity contribution is 7.13. The van der Waals surface area contributed by atoms with E-state index >= 15 is 0 Å². The lowest BCUT2D eigenvalue weighted by Gasteiger charge is -2.21. The predicted octanol–water partition coefficient (Wildman–Crippen LogP) is 3.65. The van der Waals surface area contributed by atoms with Crippen molar-refractivity contribution in [1.82, 2.24) is 10.3 Å². The second-order valence-corrected chi connectivity index (χ2v) is 7.41. The van der Waals surface area contributed by atoms with Crippen molar-refractivity contribution in [2.24, 2.45) is 5.41 Å². The molecule has 2 aromatic rings. The molecule has 0 aliphatic heterocycles. The van der Waals surface area contributed by atoms with Gasteiger partial charge in [0.2, 0.25) is 0 Å². The van der Waals surface area contributed by atoms with Crippen molar-refractivity contribution in [3.8, 4) is 10.6 Å². The first-order chi connectivity index (χ1) is 10.9. The van der Waals surface area contributed by atoms with Gasteiger partial charge in [0.15, 0.2) is 0 Å². The number of nitrogens with one attached hydrogen (secondary N) is 1. The van der Waals surface area contributed by atoms with Gasteiger partial charge < -0.3 is 10.4 Å². The van der Waals surface area contributed by atoms with Gasteiger partial charge in [0.05, 0.1) is 0 Å². The molecule has 0 aliphatic carbocycles. The third-order valence-electron chi connectivity index (χ3n) is 3.73. The van der Waals surface area contributed by atoms with E-state index in [4.69, 9.17) is 0 Å². The van der Waals surface area contributed by atoms with Crippen LogP contribution < -0.4 is 5.32 Å². The number of amides is 1. The predicted molar refractivity (Wildman–Crippen MR) is 94.7 cm³/mol. The van der Waals surface area contributed by atoms with E-state index in [2.05, 4.69) is 10.3 Å². The Bertz CT molecular complexity index is 665. The van der Waals surface area contributed by atoms with Gasteiger partial charge >= 0.3 is 0 Å². The summed E-state index contributed by atoms with van der Waals surface area (Å²) in [7, 11) is 0.